The Morgan fingerprint density at radius 2 is 2.06 bits per heavy atom. The fraction of sp³-hybridized carbons (Fsp3) is 0.273. The van der Waals surface area contributed by atoms with Crippen LogP contribution in [0.25, 0.3) is 0 Å². The number of hydrogen-bond donors (Lipinski definition) is 0. The topological polar surface area (TPSA) is 18.5 Å². The molecule has 5 heteroatoms. The van der Waals surface area contributed by atoms with Crippen LogP contribution in [0.4, 0.5) is 13.2 Å². The van der Waals surface area contributed by atoms with Gasteiger partial charge >= 0.3 is 6.18 Å². The van der Waals surface area contributed by atoms with Gasteiger partial charge in [0.15, 0.2) is 18.1 Å². The Morgan fingerprint density at radius 3 is 2.56 bits per heavy atom. The number of ether oxygens (including phenoxy) is 2. The van der Waals surface area contributed by atoms with Crippen LogP contribution in [0.1, 0.15) is 5.56 Å². The van der Waals surface area contributed by atoms with E-state index in [-0.39, 0.29) is 17.1 Å². The smallest absolute Gasteiger partial charge is 0.422 e. The van der Waals surface area contributed by atoms with Gasteiger partial charge in [0.25, 0.3) is 0 Å². The first-order valence-corrected chi connectivity index (χ1v) is 4.31. The molecule has 0 unspecified atom stereocenters. The van der Waals surface area contributed by atoms with E-state index in [1.807, 2.05) is 0 Å². The highest BCUT2D eigenvalue weighted by atomic mass is 19.4. The van der Waals surface area contributed by atoms with Gasteiger partial charge in [-0.1, -0.05) is 12.0 Å². The molecular weight excluding hydrogens is 221 g/mol. The molecule has 0 aliphatic carbocycles. The van der Waals surface area contributed by atoms with Gasteiger partial charge in [-0.05, 0) is 12.1 Å². The molecule has 0 fully saturated rings. The fourth-order valence-electron chi connectivity index (χ4n) is 1.09. The summed E-state index contributed by atoms with van der Waals surface area (Å²) in [7, 11) is 1.33. The van der Waals surface area contributed by atoms with E-state index in [0.717, 1.165) is 0 Å². The first-order valence-electron chi connectivity index (χ1n) is 4.31. The second kappa shape index (κ2) is 4.79. The highest BCUT2D eigenvalue weighted by molar-refractivity contribution is 5.53. The van der Waals surface area contributed by atoms with E-state index < -0.39 is 12.8 Å². The third-order valence-corrected chi connectivity index (χ3v) is 1.73. The van der Waals surface area contributed by atoms with Gasteiger partial charge in [0.1, 0.15) is 0 Å². The molecule has 86 valence electrons. The Balaban J connectivity index is 2.97. The summed E-state index contributed by atoms with van der Waals surface area (Å²) < 4.78 is 45.5. The van der Waals surface area contributed by atoms with E-state index in [2.05, 4.69) is 10.7 Å². The van der Waals surface area contributed by atoms with Crippen molar-refractivity contribution >= 4 is 0 Å². The minimum atomic E-state index is -4.41. The van der Waals surface area contributed by atoms with Gasteiger partial charge in [0.05, 0.1) is 12.7 Å². The summed E-state index contributed by atoms with van der Waals surface area (Å²) in [6, 6.07) is 4.54. The van der Waals surface area contributed by atoms with Crippen LogP contribution in [0.5, 0.6) is 11.5 Å². The molecule has 2 nitrogen and oxygen atoms in total. The summed E-state index contributed by atoms with van der Waals surface area (Å²) in [5.74, 6) is 2.35. The molecule has 0 aliphatic heterocycles. The van der Waals surface area contributed by atoms with Crippen molar-refractivity contribution in [2.75, 3.05) is 13.7 Å². The third kappa shape index (κ3) is 3.09. The molecular formula is C11H9F3O2. The molecule has 1 rings (SSSR count). The molecule has 0 N–H and O–H groups in total. The van der Waals surface area contributed by atoms with E-state index >= 15 is 0 Å². The van der Waals surface area contributed by atoms with Crippen molar-refractivity contribution in [3.05, 3.63) is 23.8 Å². The average Bonchev–Trinajstić information content (AvgIpc) is 2.24. The van der Waals surface area contributed by atoms with Gasteiger partial charge in [-0.2, -0.15) is 13.2 Å². The second-order valence-corrected chi connectivity index (χ2v) is 2.89. The zero-order chi connectivity index (χ0) is 12.2. The predicted molar refractivity (Wildman–Crippen MR) is 52.5 cm³/mol. The molecule has 0 atom stereocenters. The summed E-state index contributed by atoms with van der Waals surface area (Å²) in [5, 5.41) is 0. The van der Waals surface area contributed by atoms with Crippen molar-refractivity contribution in [3.8, 4) is 23.8 Å². The number of halogens is 3. The summed E-state index contributed by atoms with van der Waals surface area (Å²) >= 11 is 0. The highest BCUT2D eigenvalue weighted by Gasteiger charge is 2.29. The van der Waals surface area contributed by atoms with Crippen LogP contribution < -0.4 is 9.47 Å². The molecule has 1 aromatic carbocycles. The van der Waals surface area contributed by atoms with Gasteiger partial charge < -0.3 is 9.47 Å². The average molecular weight is 230 g/mol. The Hall–Kier alpha value is -1.83. The number of para-hydroxylation sites is 1. The molecule has 0 saturated carbocycles. The second-order valence-electron chi connectivity index (χ2n) is 2.89. The van der Waals surface area contributed by atoms with Gasteiger partial charge in [0.2, 0.25) is 0 Å². The van der Waals surface area contributed by atoms with Crippen LogP contribution in [0.3, 0.4) is 0 Å². The van der Waals surface area contributed by atoms with Crippen LogP contribution >= 0.6 is 0 Å². The van der Waals surface area contributed by atoms with Crippen molar-refractivity contribution in [1.82, 2.24) is 0 Å². The van der Waals surface area contributed by atoms with Gasteiger partial charge in [0, 0.05) is 0 Å². The molecule has 0 aliphatic rings. The number of terminal acetylenes is 1. The molecule has 0 aromatic heterocycles. The Kier molecular flexibility index (Phi) is 3.67. The van der Waals surface area contributed by atoms with Crippen molar-refractivity contribution in [1.29, 1.82) is 0 Å². The molecule has 0 amide bonds. The molecule has 16 heavy (non-hydrogen) atoms. The van der Waals surface area contributed by atoms with E-state index in [4.69, 9.17) is 11.2 Å². The highest BCUT2D eigenvalue weighted by Crippen LogP contribution is 2.31. The molecule has 0 bridgehead atoms. The quantitative estimate of drug-likeness (QED) is 0.743. The van der Waals surface area contributed by atoms with Crippen molar-refractivity contribution < 1.29 is 22.6 Å². The minimum absolute atomic E-state index is 0.0650. The van der Waals surface area contributed by atoms with Crippen molar-refractivity contribution in [2.24, 2.45) is 0 Å². The van der Waals surface area contributed by atoms with Crippen LogP contribution in [0.2, 0.25) is 0 Å². The maximum atomic E-state index is 12.0. The molecule has 0 spiro atoms. The third-order valence-electron chi connectivity index (χ3n) is 1.73. The minimum Gasteiger partial charge on any atom is -0.493 e. The SMILES string of the molecule is C#Cc1cccc(OC)c1OCC(F)(F)F. The first-order chi connectivity index (χ1) is 7.48. The Bertz CT molecular complexity index is 405. The predicted octanol–water partition coefficient (Wildman–Crippen LogP) is 2.62. The van der Waals surface area contributed by atoms with Gasteiger partial charge in [-0.15, -0.1) is 6.42 Å². The molecule has 0 radical (unpaired) electrons. The van der Waals surface area contributed by atoms with Crippen LogP contribution in [0.15, 0.2) is 18.2 Å². The number of alkyl halides is 3. The van der Waals surface area contributed by atoms with E-state index in [0.29, 0.717) is 0 Å². The lowest BCUT2D eigenvalue weighted by molar-refractivity contribution is -0.153. The van der Waals surface area contributed by atoms with E-state index in [1.54, 1.807) is 6.07 Å². The van der Waals surface area contributed by atoms with Crippen molar-refractivity contribution in [2.45, 2.75) is 6.18 Å². The Labute approximate surface area is 91.0 Å². The number of methoxy groups -OCH3 is 1. The van der Waals surface area contributed by atoms with E-state index in [1.165, 1.54) is 19.2 Å². The largest absolute Gasteiger partial charge is 0.493 e. The first kappa shape index (κ1) is 12.2. The fourth-order valence-corrected chi connectivity index (χ4v) is 1.09. The normalized spacial score (nSPS) is 10.7. The van der Waals surface area contributed by atoms with Crippen LogP contribution in [-0.4, -0.2) is 19.9 Å². The summed E-state index contributed by atoms with van der Waals surface area (Å²) in [6.45, 7) is -1.40. The summed E-state index contributed by atoms with van der Waals surface area (Å²) in [5.41, 5.74) is 0.226. The van der Waals surface area contributed by atoms with Gasteiger partial charge in [-0.25, -0.2) is 0 Å². The lowest BCUT2D eigenvalue weighted by Crippen LogP contribution is -2.19. The summed E-state index contributed by atoms with van der Waals surface area (Å²) in [4.78, 5) is 0. The summed E-state index contributed by atoms with van der Waals surface area (Å²) in [6.07, 6.45) is 0.737. The maximum Gasteiger partial charge on any atom is 0.422 e. The van der Waals surface area contributed by atoms with Crippen LogP contribution in [-0.2, 0) is 0 Å². The zero-order valence-corrected chi connectivity index (χ0v) is 8.47. The van der Waals surface area contributed by atoms with E-state index in [9.17, 15) is 13.2 Å². The molecule has 1 aromatic rings. The number of hydrogen-bond acceptors (Lipinski definition) is 2. The van der Waals surface area contributed by atoms with Gasteiger partial charge in [-0.3, -0.25) is 0 Å². The Morgan fingerprint density at radius 1 is 1.38 bits per heavy atom. The lowest BCUT2D eigenvalue weighted by Gasteiger charge is -2.13. The zero-order valence-electron chi connectivity index (χ0n) is 8.47. The van der Waals surface area contributed by atoms with Crippen LogP contribution in [0, 0.1) is 12.3 Å². The standard InChI is InChI=1S/C11H9F3O2/c1-3-8-5-4-6-9(15-2)10(8)16-7-11(12,13)14/h1,4-6H,7H2,2H3. The van der Waals surface area contributed by atoms with Crippen molar-refractivity contribution in [3.63, 3.8) is 0 Å². The monoisotopic (exact) mass is 230 g/mol. The number of benzene rings is 1. The molecule has 0 heterocycles. The molecule has 0 saturated heterocycles. The lowest BCUT2D eigenvalue weighted by atomic mass is 10.2. The maximum absolute atomic E-state index is 12.0. The number of rotatable bonds is 3.